The van der Waals surface area contributed by atoms with Gasteiger partial charge in [-0.1, -0.05) is 0 Å². The van der Waals surface area contributed by atoms with Crippen molar-refractivity contribution in [1.82, 2.24) is 0 Å². The molecular formula is C5H13Cl2NSSn. The molecule has 1 unspecified atom stereocenters. The van der Waals surface area contributed by atoms with Crippen molar-refractivity contribution in [3.63, 3.8) is 0 Å². The predicted molar refractivity (Wildman–Crippen MR) is 42.3 cm³/mol. The van der Waals surface area contributed by atoms with Crippen molar-refractivity contribution in [2.75, 3.05) is 3.77 Å². The van der Waals surface area contributed by atoms with Crippen molar-refractivity contribution in [2.45, 2.75) is 23.7 Å². The standard InChI is InChI=1S/C3H8NS.C2H5.2ClH.Sn/c1-3(4)5-2;1-2;;;/h3H,2,4H2,1H3;1H2,2H3;2*1H;/q;;;;+2/p-2. The molecule has 0 radical (unpaired) electrons. The van der Waals surface area contributed by atoms with E-state index in [0.717, 1.165) is 0 Å². The van der Waals surface area contributed by atoms with Crippen LogP contribution in [0, 0.1) is 0 Å². The Morgan fingerprint density at radius 1 is 1.50 bits per heavy atom. The largest absolute Gasteiger partial charge is 1.00 e. The molecule has 0 heterocycles. The maximum atomic E-state index is 5.52. The van der Waals surface area contributed by atoms with Gasteiger partial charge in [-0.3, -0.25) is 0 Å². The Kier molecular flexibility index (Phi) is 23.5. The molecule has 1 atom stereocenters. The van der Waals surface area contributed by atoms with Crippen molar-refractivity contribution in [3.05, 3.63) is 0 Å². The quantitative estimate of drug-likeness (QED) is 0.320. The van der Waals surface area contributed by atoms with E-state index >= 15 is 0 Å². The molecule has 0 aliphatic rings. The third kappa shape index (κ3) is 16.3. The van der Waals surface area contributed by atoms with E-state index in [-0.39, 0.29) is 46.0 Å². The van der Waals surface area contributed by atoms with Crippen LogP contribution in [-0.4, -0.2) is 30.3 Å². The Morgan fingerprint density at radius 3 is 2.30 bits per heavy atom. The van der Waals surface area contributed by atoms with E-state index in [9.17, 15) is 0 Å². The van der Waals surface area contributed by atoms with Crippen molar-refractivity contribution >= 4 is 32.9 Å². The molecule has 0 rings (SSSR count). The van der Waals surface area contributed by atoms with E-state index in [2.05, 4.69) is 13.8 Å². The van der Waals surface area contributed by atoms with Gasteiger partial charge in [0.15, 0.2) is 0 Å². The van der Waals surface area contributed by atoms with Crippen LogP contribution in [0.25, 0.3) is 0 Å². The second-order valence-corrected chi connectivity index (χ2v) is 8.90. The van der Waals surface area contributed by atoms with E-state index in [0.29, 0.717) is 5.37 Å². The van der Waals surface area contributed by atoms with Crippen LogP contribution in [-0.2, 0) is 0 Å². The molecule has 0 fully saturated rings. The summed E-state index contributed by atoms with van der Waals surface area (Å²) < 4.78 is 2.83. The number of rotatable bonds is 4. The minimum absolute atomic E-state index is 0. The van der Waals surface area contributed by atoms with Gasteiger partial charge in [-0.15, -0.1) is 0 Å². The van der Waals surface area contributed by atoms with Gasteiger partial charge in [-0.2, -0.15) is 0 Å². The summed E-state index contributed by atoms with van der Waals surface area (Å²) in [6, 6.07) is 0. The Morgan fingerprint density at radius 2 is 2.00 bits per heavy atom. The fourth-order valence-electron chi connectivity index (χ4n) is 0.292. The molecule has 2 N–H and O–H groups in total. The normalized spacial score (nSPS) is 10.3. The van der Waals surface area contributed by atoms with Crippen molar-refractivity contribution in [2.24, 2.45) is 5.73 Å². The first-order chi connectivity index (χ1) is 3.77. The summed E-state index contributed by atoms with van der Waals surface area (Å²) in [7, 11) is 0. The average molecular weight is 309 g/mol. The molecule has 1 nitrogen and oxygen atoms in total. The molecule has 10 heavy (non-hydrogen) atoms. The van der Waals surface area contributed by atoms with Gasteiger partial charge in [-0.05, 0) is 0 Å². The summed E-state index contributed by atoms with van der Waals surface area (Å²) in [5, 5.41) is 0.363. The number of halogens is 2. The zero-order valence-corrected chi connectivity index (χ0v) is 11.4. The van der Waals surface area contributed by atoms with Crippen LogP contribution >= 0.6 is 11.8 Å². The first-order valence-electron chi connectivity index (χ1n) is 2.85. The molecule has 0 aromatic heterocycles. The number of thioether (sulfide) groups is 1. The van der Waals surface area contributed by atoms with Gasteiger partial charge in [0.2, 0.25) is 0 Å². The molecule has 0 amide bonds. The Balaban J connectivity index is -0.000000245. The summed E-state index contributed by atoms with van der Waals surface area (Å²) in [6.45, 7) is 4.33. The molecule has 0 saturated heterocycles. The van der Waals surface area contributed by atoms with E-state index in [1.165, 1.54) is 8.21 Å². The van der Waals surface area contributed by atoms with E-state index in [4.69, 9.17) is 5.73 Å². The summed E-state index contributed by atoms with van der Waals surface area (Å²) in [5.41, 5.74) is 5.52. The van der Waals surface area contributed by atoms with Gasteiger partial charge in [0.05, 0.1) is 0 Å². The van der Waals surface area contributed by atoms with Crippen LogP contribution < -0.4 is 30.5 Å². The fourth-order valence-corrected chi connectivity index (χ4v) is 5.89. The molecule has 0 aliphatic heterocycles. The predicted octanol–water partition coefficient (Wildman–Crippen LogP) is -4.87. The zero-order chi connectivity index (χ0) is 6.41. The molecule has 62 valence electrons. The van der Waals surface area contributed by atoms with E-state index < -0.39 is 0 Å². The Hall–Kier alpha value is 1.69. The number of hydrogen-bond acceptors (Lipinski definition) is 2. The van der Waals surface area contributed by atoms with Crippen LogP contribution in [0.2, 0.25) is 4.44 Å². The molecule has 5 heteroatoms. The number of hydrogen-bond donors (Lipinski definition) is 1. The van der Waals surface area contributed by atoms with E-state index in [1.807, 2.05) is 11.8 Å². The van der Waals surface area contributed by atoms with Crippen molar-refractivity contribution in [1.29, 1.82) is 0 Å². The van der Waals surface area contributed by atoms with Crippen molar-refractivity contribution < 1.29 is 24.8 Å². The first-order valence-corrected chi connectivity index (χ1v) is 7.93. The van der Waals surface area contributed by atoms with Gasteiger partial charge in [0.25, 0.3) is 0 Å². The van der Waals surface area contributed by atoms with Gasteiger partial charge in [0, 0.05) is 0 Å². The molecule has 0 aromatic rings. The van der Waals surface area contributed by atoms with Crippen molar-refractivity contribution in [3.8, 4) is 0 Å². The smallest absolute Gasteiger partial charge is 1.00 e. The van der Waals surface area contributed by atoms with Gasteiger partial charge < -0.3 is 24.8 Å². The molecule has 0 aromatic carbocycles. The number of nitrogens with two attached hydrogens (primary N) is 1. The molecule has 0 spiro atoms. The summed E-state index contributed by atoms with van der Waals surface area (Å²) in [4.78, 5) is 0. The molecule has 0 aliphatic carbocycles. The monoisotopic (exact) mass is 309 g/mol. The topological polar surface area (TPSA) is 26.0 Å². The summed E-state index contributed by atoms with van der Waals surface area (Å²) >= 11 is 1.94. The Labute approximate surface area is 90.3 Å². The third-order valence-electron chi connectivity index (χ3n) is 0.698. The minimum atomic E-state index is 0. The maximum Gasteiger partial charge on any atom is -1.00 e. The van der Waals surface area contributed by atoms with Gasteiger partial charge >= 0.3 is 66.1 Å². The van der Waals surface area contributed by atoms with Crippen LogP contribution in [0.1, 0.15) is 13.8 Å². The molecular weight excluding hydrogens is 296 g/mol. The third-order valence-corrected chi connectivity index (χ3v) is 6.20. The average Bonchev–Trinajstić information content (AvgIpc) is 1.66. The SMILES string of the molecule is C[CH2][Sn+2][CH2]SC(C)N.[Cl-].[Cl-]. The minimum Gasteiger partial charge on any atom is -1.00 e. The van der Waals surface area contributed by atoms with E-state index in [1.54, 1.807) is 0 Å². The second kappa shape index (κ2) is 13.3. The summed E-state index contributed by atoms with van der Waals surface area (Å²) in [6.07, 6.45) is 0. The van der Waals surface area contributed by atoms with Crippen LogP contribution in [0.15, 0.2) is 0 Å². The molecule has 0 bridgehead atoms. The second-order valence-electron chi connectivity index (χ2n) is 1.62. The van der Waals surface area contributed by atoms with Gasteiger partial charge in [-0.25, -0.2) is 0 Å². The van der Waals surface area contributed by atoms with Gasteiger partial charge in [0.1, 0.15) is 0 Å². The molecule has 0 saturated carbocycles. The fraction of sp³-hybridized carbons (Fsp3) is 1.00. The summed E-state index contributed by atoms with van der Waals surface area (Å²) in [5.74, 6) is 0. The van der Waals surface area contributed by atoms with Crippen LogP contribution in [0.3, 0.4) is 0 Å². The first kappa shape index (κ1) is 17.7. The Bertz CT molecular complexity index is 56.9. The van der Waals surface area contributed by atoms with Crippen LogP contribution in [0.4, 0.5) is 0 Å². The maximum absolute atomic E-state index is 5.52. The zero-order valence-electron chi connectivity index (χ0n) is 6.23. The van der Waals surface area contributed by atoms with Crippen LogP contribution in [0.5, 0.6) is 0 Å².